The molecule has 5 atom stereocenters. The number of allylic oxidation sites excluding steroid dienone is 1. The average molecular weight is 430 g/mol. The van der Waals surface area contributed by atoms with Crippen LogP contribution in [-0.4, -0.2) is 89.2 Å². The van der Waals surface area contributed by atoms with Crippen molar-refractivity contribution in [1.82, 2.24) is 10.2 Å². The third-order valence-corrected chi connectivity index (χ3v) is 5.05. The topological polar surface area (TPSA) is 145 Å². The molecule has 0 aromatic carbocycles. The first-order chi connectivity index (χ1) is 14.0. The van der Waals surface area contributed by atoms with Crippen molar-refractivity contribution < 1.29 is 29.6 Å². The number of carbonyl (C=O) groups excluding carboxylic acids is 2. The van der Waals surface area contributed by atoms with Crippen molar-refractivity contribution in [1.29, 1.82) is 0 Å². The molecule has 174 valence electrons. The lowest BCUT2D eigenvalue weighted by atomic mass is 9.94. The monoisotopic (exact) mass is 429 g/mol. The second-order valence-corrected chi connectivity index (χ2v) is 8.88. The van der Waals surface area contributed by atoms with Crippen LogP contribution in [0, 0.1) is 5.41 Å². The molecule has 2 amide bonds. The first-order valence-corrected chi connectivity index (χ1v) is 10.6. The highest BCUT2D eigenvalue weighted by Crippen LogP contribution is 2.18. The Morgan fingerprint density at radius 3 is 2.53 bits per heavy atom. The van der Waals surface area contributed by atoms with E-state index in [1.807, 2.05) is 20.8 Å². The predicted octanol–water partition coefficient (Wildman–Crippen LogP) is -0.467. The number of nitrogens with one attached hydrogen (secondary N) is 1. The number of nitrogens with zero attached hydrogens (tertiary/aromatic N) is 1. The molecule has 1 aliphatic rings. The lowest BCUT2D eigenvalue weighted by Crippen LogP contribution is -2.55. The zero-order valence-electron chi connectivity index (χ0n) is 18.6. The number of rotatable bonds is 10. The molecule has 1 saturated heterocycles. The van der Waals surface area contributed by atoms with Gasteiger partial charge in [-0.15, -0.1) is 0 Å². The van der Waals surface area contributed by atoms with Crippen molar-refractivity contribution in [2.24, 2.45) is 11.1 Å². The number of nitrogens with two attached hydrogens (primary N) is 1. The quantitative estimate of drug-likeness (QED) is 0.295. The molecule has 6 N–H and O–H groups in total. The highest BCUT2D eigenvalue weighted by molar-refractivity contribution is 5.89. The van der Waals surface area contributed by atoms with Gasteiger partial charge in [-0.25, -0.2) is 0 Å². The molecule has 1 heterocycles. The van der Waals surface area contributed by atoms with Crippen LogP contribution in [0.4, 0.5) is 0 Å². The normalized spacial score (nSPS) is 22.5. The summed E-state index contributed by atoms with van der Waals surface area (Å²) in [7, 11) is 1.22. The van der Waals surface area contributed by atoms with E-state index in [9.17, 15) is 24.9 Å². The van der Waals surface area contributed by atoms with Crippen LogP contribution in [0.2, 0.25) is 0 Å². The maximum absolute atomic E-state index is 12.8. The second kappa shape index (κ2) is 12.4. The highest BCUT2D eigenvalue weighted by Gasteiger charge is 2.37. The van der Waals surface area contributed by atoms with Crippen molar-refractivity contribution in [3.05, 3.63) is 12.2 Å². The van der Waals surface area contributed by atoms with E-state index in [0.29, 0.717) is 32.5 Å². The van der Waals surface area contributed by atoms with E-state index in [1.54, 1.807) is 11.0 Å². The van der Waals surface area contributed by atoms with Gasteiger partial charge in [0.05, 0.1) is 0 Å². The molecule has 1 fully saturated rings. The van der Waals surface area contributed by atoms with Gasteiger partial charge in [0, 0.05) is 20.2 Å². The van der Waals surface area contributed by atoms with Crippen molar-refractivity contribution in [3.8, 4) is 0 Å². The van der Waals surface area contributed by atoms with Gasteiger partial charge in [-0.2, -0.15) is 0 Å². The third kappa shape index (κ3) is 8.31. The Morgan fingerprint density at radius 1 is 1.30 bits per heavy atom. The molecule has 0 spiro atoms. The summed E-state index contributed by atoms with van der Waals surface area (Å²) < 4.78 is 5.09. The van der Waals surface area contributed by atoms with Crippen LogP contribution in [0.5, 0.6) is 0 Å². The molecule has 1 unspecified atom stereocenters. The minimum Gasteiger partial charge on any atom is -0.387 e. The number of ether oxygens (including phenoxy) is 1. The van der Waals surface area contributed by atoms with Gasteiger partial charge >= 0.3 is 0 Å². The van der Waals surface area contributed by atoms with Gasteiger partial charge in [-0.3, -0.25) is 9.59 Å². The molecule has 0 aromatic rings. The van der Waals surface area contributed by atoms with E-state index in [2.05, 4.69) is 5.32 Å². The molecule has 0 aromatic heterocycles. The summed E-state index contributed by atoms with van der Waals surface area (Å²) >= 11 is 0. The first kappa shape index (κ1) is 26.5. The summed E-state index contributed by atoms with van der Waals surface area (Å²) in [6, 6.07) is -0.731. The number of amides is 2. The standard InChI is InChI=1S/C21H39N3O6/c1-21(2,3)10-9-15(25)16(26)17(27)18(30-4)19(28)23-14-8-5-6-12-24(20(14)29)13-7-11-22/h9-10,14-18,25-27H,5-8,11-13,22H2,1-4H3,(H,23,28)/b10-9+/t14?,15-,16+,17-,18-/m1/s1. The van der Waals surface area contributed by atoms with Crippen LogP contribution >= 0.6 is 0 Å². The van der Waals surface area contributed by atoms with Crippen LogP contribution in [0.3, 0.4) is 0 Å². The smallest absolute Gasteiger partial charge is 0.252 e. The van der Waals surface area contributed by atoms with Gasteiger partial charge in [-0.05, 0) is 37.6 Å². The van der Waals surface area contributed by atoms with Crippen LogP contribution in [-0.2, 0) is 14.3 Å². The van der Waals surface area contributed by atoms with E-state index < -0.39 is 36.4 Å². The number of aliphatic hydroxyl groups is 3. The molecule has 1 rings (SSSR count). The number of methoxy groups -OCH3 is 1. The minimum absolute atomic E-state index is 0.188. The Bertz CT molecular complexity index is 578. The van der Waals surface area contributed by atoms with Crippen LogP contribution in [0.1, 0.15) is 46.5 Å². The summed E-state index contributed by atoms with van der Waals surface area (Å²) in [5.41, 5.74) is 5.31. The van der Waals surface area contributed by atoms with Gasteiger partial charge in [0.25, 0.3) is 5.91 Å². The van der Waals surface area contributed by atoms with Gasteiger partial charge in [0.2, 0.25) is 5.91 Å². The maximum Gasteiger partial charge on any atom is 0.252 e. The van der Waals surface area contributed by atoms with E-state index >= 15 is 0 Å². The number of aliphatic hydroxyl groups excluding tert-OH is 3. The molecule has 1 aliphatic heterocycles. The SMILES string of the molecule is CO[C@@H](C(=O)NC1CCCCN(CCCN)C1=O)[C@H](O)[C@@H](O)[C@H](O)/C=C/C(C)(C)C. The van der Waals surface area contributed by atoms with Crippen LogP contribution < -0.4 is 11.1 Å². The van der Waals surface area contributed by atoms with Crippen molar-refractivity contribution >= 4 is 11.8 Å². The molecule has 0 saturated carbocycles. The fourth-order valence-electron chi connectivity index (χ4n) is 3.28. The minimum atomic E-state index is -1.68. The summed E-state index contributed by atoms with van der Waals surface area (Å²) in [6.45, 7) is 7.39. The lowest BCUT2D eigenvalue weighted by molar-refractivity contribution is -0.151. The largest absolute Gasteiger partial charge is 0.387 e. The number of hydrogen-bond acceptors (Lipinski definition) is 7. The van der Waals surface area contributed by atoms with Crippen molar-refractivity contribution in [2.75, 3.05) is 26.7 Å². The average Bonchev–Trinajstić information content (AvgIpc) is 2.85. The van der Waals surface area contributed by atoms with Crippen LogP contribution in [0.25, 0.3) is 0 Å². The van der Waals surface area contributed by atoms with Gasteiger partial charge in [-0.1, -0.05) is 32.9 Å². The molecule has 30 heavy (non-hydrogen) atoms. The summed E-state index contributed by atoms with van der Waals surface area (Å²) in [5, 5.41) is 33.5. The predicted molar refractivity (Wildman–Crippen MR) is 113 cm³/mol. The van der Waals surface area contributed by atoms with E-state index in [-0.39, 0.29) is 11.3 Å². The van der Waals surface area contributed by atoms with E-state index in [4.69, 9.17) is 10.5 Å². The van der Waals surface area contributed by atoms with E-state index in [0.717, 1.165) is 12.8 Å². The van der Waals surface area contributed by atoms with Crippen molar-refractivity contribution in [3.63, 3.8) is 0 Å². The summed E-state index contributed by atoms with van der Waals surface area (Å²) in [5.74, 6) is -0.901. The molecule has 0 bridgehead atoms. The molecule has 9 heteroatoms. The Morgan fingerprint density at radius 2 is 1.97 bits per heavy atom. The zero-order chi connectivity index (χ0) is 22.9. The third-order valence-electron chi connectivity index (χ3n) is 5.05. The summed E-state index contributed by atoms with van der Waals surface area (Å²) in [4.78, 5) is 27.2. The number of hydrogen-bond donors (Lipinski definition) is 5. The Balaban J connectivity index is 2.80. The number of carbonyl (C=O) groups is 2. The molecule has 9 nitrogen and oxygen atoms in total. The molecule has 0 aliphatic carbocycles. The Hall–Kier alpha value is -1.52. The first-order valence-electron chi connectivity index (χ1n) is 10.6. The highest BCUT2D eigenvalue weighted by atomic mass is 16.5. The molecular formula is C21H39N3O6. The lowest BCUT2D eigenvalue weighted by Gasteiger charge is -2.29. The zero-order valence-corrected chi connectivity index (χ0v) is 18.6. The van der Waals surface area contributed by atoms with Gasteiger partial charge in [0.1, 0.15) is 24.4 Å². The van der Waals surface area contributed by atoms with Crippen LogP contribution in [0.15, 0.2) is 12.2 Å². The Labute approximate surface area is 179 Å². The fraction of sp³-hybridized carbons (Fsp3) is 0.810. The Kier molecular flexibility index (Phi) is 10.9. The fourth-order valence-corrected chi connectivity index (χ4v) is 3.28. The second-order valence-electron chi connectivity index (χ2n) is 8.88. The van der Waals surface area contributed by atoms with Gasteiger partial charge < -0.3 is 36.0 Å². The summed E-state index contributed by atoms with van der Waals surface area (Å²) in [6.07, 6.45) is -0.276. The molecule has 0 radical (unpaired) electrons. The van der Waals surface area contributed by atoms with Crippen molar-refractivity contribution in [2.45, 2.75) is 76.9 Å². The number of likely N-dealkylation sites (tertiary alicyclic amines) is 1. The molecular weight excluding hydrogens is 390 g/mol. The van der Waals surface area contributed by atoms with Gasteiger partial charge in [0.15, 0.2) is 6.10 Å². The maximum atomic E-state index is 12.8. The van der Waals surface area contributed by atoms with E-state index in [1.165, 1.54) is 13.2 Å².